The lowest BCUT2D eigenvalue weighted by Crippen LogP contribution is -2.35. The van der Waals surface area contributed by atoms with Crippen LogP contribution in [0.2, 0.25) is 0 Å². The van der Waals surface area contributed by atoms with Crippen molar-refractivity contribution in [2.75, 3.05) is 18.1 Å². The van der Waals surface area contributed by atoms with Crippen LogP contribution in [-0.2, 0) is 0 Å². The van der Waals surface area contributed by atoms with Crippen LogP contribution in [0.15, 0.2) is 18.2 Å². The Morgan fingerprint density at radius 2 is 2.28 bits per heavy atom. The molecule has 1 aromatic carbocycles. The molecule has 0 bridgehead atoms. The molecule has 2 atom stereocenters. The van der Waals surface area contributed by atoms with Gasteiger partial charge in [0.15, 0.2) is 0 Å². The normalized spacial score (nSPS) is 23.4. The fourth-order valence-corrected chi connectivity index (χ4v) is 2.74. The van der Waals surface area contributed by atoms with Crippen LogP contribution in [0.3, 0.4) is 0 Å². The minimum absolute atomic E-state index is 0.104. The van der Waals surface area contributed by atoms with Gasteiger partial charge in [-0.25, -0.2) is 0 Å². The number of hydrogen-bond acceptors (Lipinski definition) is 3. The number of nitrogens with zero attached hydrogens (tertiary/aromatic N) is 1. The van der Waals surface area contributed by atoms with Crippen LogP contribution < -0.4 is 10.6 Å². The zero-order valence-electron chi connectivity index (χ0n) is 11.0. The first-order valence-corrected chi connectivity index (χ1v) is 6.37. The molecule has 4 N–H and O–H groups in total. The third kappa shape index (κ3) is 2.20. The zero-order chi connectivity index (χ0) is 13.3. The van der Waals surface area contributed by atoms with Gasteiger partial charge < -0.3 is 15.7 Å². The first-order chi connectivity index (χ1) is 8.54. The van der Waals surface area contributed by atoms with Crippen molar-refractivity contribution in [1.82, 2.24) is 0 Å². The van der Waals surface area contributed by atoms with Crippen LogP contribution in [0.25, 0.3) is 0 Å². The summed E-state index contributed by atoms with van der Waals surface area (Å²) in [5.41, 5.74) is 8.43. The summed E-state index contributed by atoms with van der Waals surface area (Å²) < 4.78 is 0. The third-order valence-corrected chi connectivity index (χ3v) is 3.90. The minimum atomic E-state index is 0.104. The van der Waals surface area contributed by atoms with Crippen LogP contribution >= 0.6 is 0 Å². The highest BCUT2D eigenvalue weighted by Gasteiger charge is 2.30. The van der Waals surface area contributed by atoms with Crippen molar-refractivity contribution in [2.45, 2.75) is 26.3 Å². The maximum atomic E-state index is 9.48. The number of aryl methyl sites for hydroxylation is 1. The number of aliphatic hydroxyl groups is 1. The van der Waals surface area contributed by atoms with E-state index in [0.717, 1.165) is 29.8 Å². The van der Waals surface area contributed by atoms with E-state index in [1.165, 1.54) is 0 Å². The summed E-state index contributed by atoms with van der Waals surface area (Å²) >= 11 is 0. The summed E-state index contributed by atoms with van der Waals surface area (Å²) in [4.78, 5) is 2.25. The summed E-state index contributed by atoms with van der Waals surface area (Å²) in [7, 11) is 0. The second-order valence-electron chi connectivity index (χ2n) is 5.12. The molecule has 1 aliphatic heterocycles. The fraction of sp³-hybridized carbons (Fsp3) is 0.500. The molecule has 1 saturated heterocycles. The van der Waals surface area contributed by atoms with Gasteiger partial charge in [-0.3, -0.25) is 5.41 Å². The van der Waals surface area contributed by atoms with Crippen molar-refractivity contribution < 1.29 is 5.11 Å². The number of nitrogens with one attached hydrogen (secondary N) is 1. The Balaban J connectivity index is 2.29. The Hall–Kier alpha value is -1.55. The molecule has 0 aliphatic carbocycles. The van der Waals surface area contributed by atoms with Gasteiger partial charge in [0, 0.05) is 17.8 Å². The molecule has 1 aliphatic rings. The topological polar surface area (TPSA) is 73.3 Å². The average Bonchev–Trinajstić information content (AvgIpc) is 2.69. The average molecular weight is 247 g/mol. The number of amidine groups is 1. The molecule has 4 nitrogen and oxygen atoms in total. The SMILES string of the molecule is Cc1cc(N2CCC(C)C2CO)ccc1C(=N)N. The van der Waals surface area contributed by atoms with Gasteiger partial charge in [0.25, 0.3) is 0 Å². The van der Waals surface area contributed by atoms with Crippen LogP contribution in [0.1, 0.15) is 24.5 Å². The highest BCUT2D eigenvalue weighted by atomic mass is 16.3. The molecule has 1 fully saturated rings. The van der Waals surface area contributed by atoms with Crippen LogP contribution in [0.5, 0.6) is 0 Å². The summed E-state index contributed by atoms with van der Waals surface area (Å²) in [6, 6.07) is 6.14. The number of hydrogen-bond donors (Lipinski definition) is 3. The summed E-state index contributed by atoms with van der Waals surface area (Å²) in [6.45, 7) is 5.31. The van der Waals surface area contributed by atoms with Crippen molar-refractivity contribution in [1.29, 1.82) is 5.41 Å². The molecule has 4 heteroatoms. The summed E-state index contributed by atoms with van der Waals surface area (Å²) in [6.07, 6.45) is 1.11. The van der Waals surface area contributed by atoms with Crippen molar-refractivity contribution in [3.05, 3.63) is 29.3 Å². The Morgan fingerprint density at radius 3 is 2.83 bits per heavy atom. The molecule has 98 valence electrons. The van der Waals surface area contributed by atoms with Crippen molar-refractivity contribution in [3.8, 4) is 0 Å². The first-order valence-electron chi connectivity index (χ1n) is 6.37. The van der Waals surface area contributed by atoms with Crippen LogP contribution in [0.4, 0.5) is 5.69 Å². The molecule has 18 heavy (non-hydrogen) atoms. The molecule has 0 amide bonds. The predicted octanol–water partition coefficient (Wildman–Crippen LogP) is 1.49. The number of rotatable bonds is 3. The molecule has 0 spiro atoms. The second-order valence-corrected chi connectivity index (χ2v) is 5.12. The van der Waals surface area contributed by atoms with E-state index in [2.05, 4.69) is 17.9 Å². The molecule has 2 rings (SSSR count). The van der Waals surface area contributed by atoms with E-state index < -0.39 is 0 Å². The number of nitrogen functional groups attached to an aromatic ring is 1. The molecule has 1 aromatic rings. The fourth-order valence-electron chi connectivity index (χ4n) is 2.74. The minimum Gasteiger partial charge on any atom is -0.394 e. The summed E-state index contributed by atoms with van der Waals surface area (Å²) in [5.74, 6) is 0.621. The maximum Gasteiger partial charge on any atom is 0.123 e. The molecule has 1 heterocycles. The lowest BCUT2D eigenvalue weighted by molar-refractivity contribution is 0.245. The lowest BCUT2D eigenvalue weighted by atomic mass is 10.0. The van der Waals surface area contributed by atoms with E-state index >= 15 is 0 Å². The van der Waals surface area contributed by atoms with Gasteiger partial charge in [-0.1, -0.05) is 6.92 Å². The summed E-state index contributed by atoms with van der Waals surface area (Å²) in [5, 5.41) is 17.0. The standard InChI is InChI=1S/C14H21N3O/c1-9-5-6-17(13(9)8-18)11-3-4-12(14(15)16)10(2)7-11/h3-4,7,9,13,18H,5-6,8H2,1-2H3,(H3,15,16). The van der Waals surface area contributed by atoms with Crippen LogP contribution in [-0.4, -0.2) is 30.1 Å². The van der Waals surface area contributed by atoms with E-state index in [1.54, 1.807) is 0 Å². The van der Waals surface area contributed by atoms with Crippen molar-refractivity contribution in [2.24, 2.45) is 11.7 Å². The Kier molecular flexibility index (Phi) is 3.57. The van der Waals surface area contributed by atoms with Crippen LogP contribution in [0, 0.1) is 18.3 Å². The Bertz CT molecular complexity index is 458. The van der Waals surface area contributed by atoms with Gasteiger partial charge in [0.1, 0.15) is 5.84 Å². The molecule has 0 radical (unpaired) electrons. The smallest absolute Gasteiger partial charge is 0.123 e. The first kappa shape index (κ1) is 12.9. The van der Waals surface area contributed by atoms with E-state index in [4.69, 9.17) is 11.1 Å². The van der Waals surface area contributed by atoms with E-state index in [1.807, 2.05) is 19.1 Å². The molecular weight excluding hydrogens is 226 g/mol. The van der Waals surface area contributed by atoms with E-state index in [0.29, 0.717) is 5.92 Å². The zero-order valence-corrected chi connectivity index (χ0v) is 11.0. The third-order valence-electron chi connectivity index (χ3n) is 3.90. The van der Waals surface area contributed by atoms with Gasteiger partial charge in [0.05, 0.1) is 12.6 Å². The van der Waals surface area contributed by atoms with Gasteiger partial charge in [-0.05, 0) is 43.0 Å². The number of aliphatic hydroxyl groups excluding tert-OH is 1. The monoisotopic (exact) mass is 247 g/mol. The number of anilines is 1. The Morgan fingerprint density at radius 1 is 1.56 bits per heavy atom. The molecule has 2 unspecified atom stereocenters. The highest BCUT2D eigenvalue weighted by Crippen LogP contribution is 2.30. The van der Waals surface area contributed by atoms with Gasteiger partial charge >= 0.3 is 0 Å². The number of nitrogens with two attached hydrogens (primary N) is 1. The van der Waals surface area contributed by atoms with Crippen molar-refractivity contribution in [3.63, 3.8) is 0 Å². The quantitative estimate of drug-likeness (QED) is 0.559. The highest BCUT2D eigenvalue weighted by molar-refractivity contribution is 5.96. The van der Waals surface area contributed by atoms with Crippen molar-refractivity contribution >= 4 is 11.5 Å². The van der Waals surface area contributed by atoms with Gasteiger partial charge in [-0.15, -0.1) is 0 Å². The van der Waals surface area contributed by atoms with Gasteiger partial charge in [0.2, 0.25) is 0 Å². The second kappa shape index (κ2) is 4.98. The largest absolute Gasteiger partial charge is 0.394 e. The molecular formula is C14H21N3O. The maximum absolute atomic E-state index is 9.48. The molecule has 0 aromatic heterocycles. The lowest BCUT2D eigenvalue weighted by Gasteiger charge is -2.28. The molecule has 0 saturated carbocycles. The van der Waals surface area contributed by atoms with E-state index in [-0.39, 0.29) is 18.5 Å². The van der Waals surface area contributed by atoms with Gasteiger partial charge in [-0.2, -0.15) is 0 Å². The Labute approximate surface area is 108 Å². The number of benzene rings is 1. The van der Waals surface area contributed by atoms with E-state index in [9.17, 15) is 5.11 Å². The predicted molar refractivity (Wildman–Crippen MR) is 74.2 cm³/mol.